The van der Waals surface area contributed by atoms with Crippen molar-refractivity contribution >= 4 is 23.1 Å². The van der Waals surface area contributed by atoms with Gasteiger partial charge in [0.25, 0.3) is 0 Å². The van der Waals surface area contributed by atoms with Crippen molar-refractivity contribution in [3.8, 4) is 0 Å². The first-order valence-corrected chi connectivity index (χ1v) is 5.64. The lowest BCUT2D eigenvalue weighted by Gasteiger charge is -2.08. The Kier molecular flexibility index (Phi) is 4.87. The highest BCUT2D eigenvalue weighted by molar-refractivity contribution is 7.80. The topological polar surface area (TPSA) is 55.1 Å². The van der Waals surface area contributed by atoms with Gasteiger partial charge in [0.1, 0.15) is 0 Å². The van der Waals surface area contributed by atoms with E-state index >= 15 is 0 Å². The molecule has 1 aliphatic rings. The van der Waals surface area contributed by atoms with Gasteiger partial charge in [-0.1, -0.05) is 37.9 Å². The number of thiocarbonyl (C=S) groups is 1. The minimum atomic E-state index is 0.0738. The van der Waals surface area contributed by atoms with Gasteiger partial charge in [0.2, 0.25) is 5.91 Å². The predicted octanol–water partition coefficient (Wildman–Crippen LogP) is 1.36. The summed E-state index contributed by atoms with van der Waals surface area (Å²) in [5.74, 6) is 0.843. The van der Waals surface area contributed by atoms with Crippen molar-refractivity contribution in [1.29, 1.82) is 0 Å². The van der Waals surface area contributed by atoms with Crippen molar-refractivity contribution in [3.05, 3.63) is 0 Å². The zero-order valence-electron chi connectivity index (χ0n) is 8.42. The highest BCUT2D eigenvalue weighted by Crippen LogP contribution is 2.28. The Labute approximate surface area is 90.4 Å². The molecule has 3 nitrogen and oxygen atoms in total. The van der Waals surface area contributed by atoms with E-state index in [4.69, 9.17) is 5.73 Å². The standard InChI is InChI=1S/C10H18N2OS/c11-9(14)7-12-10(13)6-5-8-3-1-2-4-8/h8H,1-7H2,(H2,11,14)(H,12,13). The first-order chi connectivity index (χ1) is 6.68. The molecule has 0 aliphatic heterocycles. The number of hydrogen-bond donors (Lipinski definition) is 2. The minimum absolute atomic E-state index is 0.0738. The predicted molar refractivity (Wildman–Crippen MR) is 61.0 cm³/mol. The van der Waals surface area contributed by atoms with Crippen molar-refractivity contribution in [1.82, 2.24) is 5.32 Å². The monoisotopic (exact) mass is 214 g/mol. The maximum Gasteiger partial charge on any atom is 0.220 e. The molecule has 0 aromatic heterocycles. The summed E-state index contributed by atoms with van der Waals surface area (Å²) >= 11 is 4.67. The Morgan fingerprint density at radius 3 is 2.64 bits per heavy atom. The molecule has 0 atom stereocenters. The number of amides is 1. The van der Waals surface area contributed by atoms with Gasteiger partial charge in [0.15, 0.2) is 0 Å². The van der Waals surface area contributed by atoms with E-state index in [1.165, 1.54) is 25.7 Å². The van der Waals surface area contributed by atoms with Crippen LogP contribution in [0.4, 0.5) is 0 Å². The highest BCUT2D eigenvalue weighted by Gasteiger charge is 2.15. The van der Waals surface area contributed by atoms with Gasteiger partial charge in [0, 0.05) is 6.42 Å². The lowest BCUT2D eigenvalue weighted by atomic mass is 10.0. The number of hydrogen-bond acceptors (Lipinski definition) is 2. The van der Waals surface area contributed by atoms with Crippen LogP contribution in [0.1, 0.15) is 38.5 Å². The number of carbonyl (C=O) groups excluding carboxylic acids is 1. The Bertz CT molecular complexity index is 212. The first kappa shape index (κ1) is 11.4. The van der Waals surface area contributed by atoms with E-state index in [-0.39, 0.29) is 5.91 Å². The van der Waals surface area contributed by atoms with Crippen molar-refractivity contribution in [2.75, 3.05) is 6.54 Å². The van der Waals surface area contributed by atoms with Gasteiger partial charge in [-0.2, -0.15) is 0 Å². The summed E-state index contributed by atoms with van der Waals surface area (Å²) in [5, 5.41) is 2.70. The van der Waals surface area contributed by atoms with E-state index in [0.717, 1.165) is 12.3 Å². The maximum atomic E-state index is 11.3. The summed E-state index contributed by atoms with van der Waals surface area (Å²) < 4.78 is 0. The molecule has 1 amide bonds. The van der Waals surface area contributed by atoms with Crippen LogP contribution in [0.5, 0.6) is 0 Å². The van der Waals surface area contributed by atoms with Crippen LogP contribution < -0.4 is 11.1 Å². The lowest BCUT2D eigenvalue weighted by molar-refractivity contribution is -0.121. The van der Waals surface area contributed by atoms with Crippen LogP contribution in [0.2, 0.25) is 0 Å². The van der Waals surface area contributed by atoms with Crippen molar-refractivity contribution in [3.63, 3.8) is 0 Å². The lowest BCUT2D eigenvalue weighted by Crippen LogP contribution is -2.32. The molecule has 0 radical (unpaired) electrons. The fourth-order valence-electron chi connectivity index (χ4n) is 1.91. The molecule has 1 rings (SSSR count). The van der Waals surface area contributed by atoms with Gasteiger partial charge in [-0.15, -0.1) is 0 Å². The van der Waals surface area contributed by atoms with Crippen LogP contribution in [0.3, 0.4) is 0 Å². The summed E-state index contributed by atoms with van der Waals surface area (Å²) in [6.07, 6.45) is 6.89. The molecule has 14 heavy (non-hydrogen) atoms. The fraction of sp³-hybridized carbons (Fsp3) is 0.800. The molecule has 0 saturated heterocycles. The Balaban J connectivity index is 2.05. The zero-order valence-corrected chi connectivity index (χ0v) is 9.24. The Morgan fingerprint density at radius 1 is 1.43 bits per heavy atom. The summed E-state index contributed by atoms with van der Waals surface area (Å²) in [7, 11) is 0. The Hall–Kier alpha value is -0.640. The smallest absolute Gasteiger partial charge is 0.220 e. The molecule has 0 aromatic carbocycles. The minimum Gasteiger partial charge on any atom is -0.392 e. The molecule has 0 heterocycles. The molecular weight excluding hydrogens is 196 g/mol. The van der Waals surface area contributed by atoms with Gasteiger partial charge < -0.3 is 11.1 Å². The largest absolute Gasteiger partial charge is 0.392 e. The molecule has 0 unspecified atom stereocenters. The molecule has 1 saturated carbocycles. The third-order valence-corrected chi connectivity index (χ3v) is 2.86. The highest BCUT2D eigenvalue weighted by atomic mass is 32.1. The maximum absolute atomic E-state index is 11.3. The molecule has 80 valence electrons. The third kappa shape index (κ3) is 4.56. The van der Waals surface area contributed by atoms with Crippen LogP contribution in [0, 0.1) is 5.92 Å². The van der Waals surface area contributed by atoms with Crippen LogP contribution in [-0.4, -0.2) is 17.4 Å². The second-order valence-electron chi connectivity index (χ2n) is 3.93. The van der Waals surface area contributed by atoms with Crippen LogP contribution >= 0.6 is 12.2 Å². The molecule has 3 N–H and O–H groups in total. The van der Waals surface area contributed by atoms with E-state index in [1.54, 1.807) is 0 Å². The van der Waals surface area contributed by atoms with Gasteiger partial charge in [0.05, 0.1) is 11.5 Å². The second kappa shape index (κ2) is 5.96. The van der Waals surface area contributed by atoms with Crippen molar-refractivity contribution in [2.45, 2.75) is 38.5 Å². The summed E-state index contributed by atoms with van der Waals surface area (Å²) in [6, 6.07) is 0. The van der Waals surface area contributed by atoms with Crippen LogP contribution in [-0.2, 0) is 4.79 Å². The number of carbonyl (C=O) groups is 1. The van der Waals surface area contributed by atoms with Crippen LogP contribution in [0.25, 0.3) is 0 Å². The van der Waals surface area contributed by atoms with Crippen molar-refractivity contribution in [2.24, 2.45) is 11.7 Å². The number of nitrogens with one attached hydrogen (secondary N) is 1. The van der Waals surface area contributed by atoms with Gasteiger partial charge in [-0.05, 0) is 12.3 Å². The summed E-state index contributed by atoms with van der Waals surface area (Å²) in [5.41, 5.74) is 5.28. The number of rotatable bonds is 5. The molecular formula is C10H18N2OS. The molecule has 0 bridgehead atoms. The number of nitrogens with two attached hydrogens (primary N) is 1. The fourth-order valence-corrected chi connectivity index (χ4v) is 1.98. The third-order valence-electron chi connectivity index (χ3n) is 2.71. The van der Waals surface area contributed by atoms with E-state index < -0.39 is 0 Å². The zero-order chi connectivity index (χ0) is 10.4. The Morgan fingerprint density at radius 2 is 2.07 bits per heavy atom. The normalized spacial score (nSPS) is 16.9. The van der Waals surface area contributed by atoms with Gasteiger partial charge in [-0.3, -0.25) is 4.79 Å². The molecule has 4 heteroatoms. The quantitative estimate of drug-likeness (QED) is 0.679. The van der Waals surface area contributed by atoms with E-state index in [9.17, 15) is 4.79 Å². The summed E-state index contributed by atoms with van der Waals surface area (Å²) in [6.45, 7) is 0.332. The molecule has 1 aliphatic carbocycles. The van der Waals surface area contributed by atoms with Crippen LogP contribution in [0.15, 0.2) is 0 Å². The van der Waals surface area contributed by atoms with E-state index in [1.807, 2.05) is 0 Å². The SMILES string of the molecule is NC(=S)CNC(=O)CCC1CCCC1. The van der Waals surface area contributed by atoms with E-state index in [2.05, 4.69) is 17.5 Å². The van der Waals surface area contributed by atoms with Gasteiger partial charge >= 0.3 is 0 Å². The van der Waals surface area contributed by atoms with Crippen molar-refractivity contribution < 1.29 is 4.79 Å². The average molecular weight is 214 g/mol. The second-order valence-corrected chi connectivity index (χ2v) is 4.46. The molecule has 0 spiro atoms. The summed E-state index contributed by atoms with van der Waals surface area (Å²) in [4.78, 5) is 11.6. The average Bonchev–Trinajstić information content (AvgIpc) is 2.63. The van der Waals surface area contributed by atoms with E-state index in [0.29, 0.717) is 18.0 Å². The molecule has 1 fully saturated rings. The molecule has 0 aromatic rings. The first-order valence-electron chi connectivity index (χ1n) is 5.23. The van der Waals surface area contributed by atoms with Gasteiger partial charge in [-0.25, -0.2) is 0 Å².